The molecule has 150 valence electrons. The molecular weight excluding hydrogens is 463 g/mol. The van der Waals surface area contributed by atoms with Crippen LogP contribution in [0, 0.1) is 5.92 Å². The van der Waals surface area contributed by atoms with Crippen LogP contribution in [0.1, 0.15) is 39.2 Å². The molecule has 8 heteroatoms. The highest BCUT2D eigenvalue weighted by Crippen LogP contribution is 2.18. The number of guanidine groups is 1. The number of sulfonamides is 1. The van der Waals surface area contributed by atoms with Gasteiger partial charge in [0, 0.05) is 33.7 Å². The van der Waals surface area contributed by atoms with E-state index in [4.69, 9.17) is 0 Å². The van der Waals surface area contributed by atoms with E-state index in [1.54, 1.807) is 19.2 Å². The Morgan fingerprint density at radius 1 is 1.15 bits per heavy atom. The van der Waals surface area contributed by atoms with E-state index in [1.165, 1.54) is 18.4 Å². The van der Waals surface area contributed by atoms with Gasteiger partial charge in [0.15, 0.2) is 5.96 Å². The van der Waals surface area contributed by atoms with Gasteiger partial charge in [-0.3, -0.25) is 4.99 Å². The summed E-state index contributed by atoms with van der Waals surface area (Å²) in [4.78, 5) is 4.55. The van der Waals surface area contributed by atoms with Crippen LogP contribution in [0.5, 0.6) is 0 Å². The van der Waals surface area contributed by atoms with E-state index in [2.05, 4.69) is 36.4 Å². The molecule has 0 aliphatic heterocycles. The molecule has 0 bridgehead atoms. The van der Waals surface area contributed by atoms with E-state index < -0.39 is 10.0 Å². The number of aliphatic imine (C=N–C) groups is 1. The number of rotatable bonds is 8. The average molecular weight is 496 g/mol. The lowest BCUT2D eigenvalue weighted by atomic mass is 10.0. The summed E-state index contributed by atoms with van der Waals surface area (Å²) in [6.07, 6.45) is 2.21. The summed E-state index contributed by atoms with van der Waals surface area (Å²) in [7, 11) is 1.32. The summed E-state index contributed by atoms with van der Waals surface area (Å²) in [5.74, 6) is 1.34. The molecule has 1 aromatic carbocycles. The van der Waals surface area contributed by atoms with Gasteiger partial charge in [-0.1, -0.05) is 32.0 Å². The molecule has 1 aromatic rings. The van der Waals surface area contributed by atoms with Gasteiger partial charge in [-0.2, -0.15) is 0 Å². The highest BCUT2D eigenvalue weighted by molar-refractivity contribution is 14.0. The molecule has 2 N–H and O–H groups in total. The van der Waals surface area contributed by atoms with Crippen LogP contribution in [0.25, 0.3) is 0 Å². The first-order valence-electron chi connectivity index (χ1n) is 8.66. The zero-order chi connectivity index (χ0) is 19.0. The molecule has 0 saturated carbocycles. The highest BCUT2D eigenvalue weighted by Gasteiger charge is 2.20. The third-order valence-electron chi connectivity index (χ3n) is 3.96. The minimum absolute atomic E-state index is 0. The predicted molar refractivity (Wildman–Crippen MR) is 120 cm³/mol. The Morgan fingerprint density at radius 2 is 1.77 bits per heavy atom. The monoisotopic (exact) mass is 496 g/mol. The molecular formula is C18H33IN4O2S. The van der Waals surface area contributed by atoms with Crippen molar-refractivity contribution in [3.8, 4) is 0 Å². The van der Waals surface area contributed by atoms with Gasteiger partial charge < -0.3 is 10.6 Å². The maximum absolute atomic E-state index is 12.4. The molecule has 26 heavy (non-hydrogen) atoms. The van der Waals surface area contributed by atoms with Crippen LogP contribution in [-0.2, 0) is 16.6 Å². The first-order valence-corrected chi connectivity index (χ1v) is 10.1. The van der Waals surface area contributed by atoms with Crippen LogP contribution in [-0.4, -0.2) is 45.9 Å². The largest absolute Gasteiger partial charge is 0.354 e. The SMILES string of the molecule is CN=C(NCc1ccccc1S(=O)(=O)N(C)C)NC(C)CCC(C)C.I. The van der Waals surface area contributed by atoms with Crippen molar-refractivity contribution in [2.75, 3.05) is 21.1 Å². The summed E-state index contributed by atoms with van der Waals surface area (Å²) in [6.45, 7) is 6.93. The van der Waals surface area contributed by atoms with Crippen LogP contribution in [0.15, 0.2) is 34.2 Å². The fourth-order valence-electron chi connectivity index (χ4n) is 2.36. The number of nitrogens with one attached hydrogen (secondary N) is 2. The molecule has 0 fully saturated rings. The standard InChI is InChI=1S/C18H32N4O2S.HI/c1-14(2)11-12-15(3)21-18(19-4)20-13-16-9-7-8-10-17(16)25(23,24)22(5)6;/h7-10,14-15H,11-13H2,1-6H3,(H2,19,20,21);1H. The summed E-state index contributed by atoms with van der Waals surface area (Å²) in [5, 5.41) is 6.56. The number of nitrogens with zero attached hydrogens (tertiary/aromatic N) is 2. The van der Waals surface area contributed by atoms with Gasteiger partial charge in [0.25, 0.3) is 0 Å². The third kappa shape index (κ3) is 7.79. The summed E-state index contributed by atoms with van der Waals surface area (Å²) in [5.41, 5.74) is 0.717. The maximum Gasteiger partial charge on any atom is 0.242 e. The van der Waals surface area contributed by atoms with Crippen LogP contribution in [0.2, 0.25) is 0 Å². The van der Waals surface area contributed by atoms with Crippen molar-refractivity contribution in [2.45, 2.75) is 51.1 Å². The molecule has 1 atom stereocenters. The first-order chi connectivity index (χ1) is 11.7. The predicted octanol–water partition coefficient (Wildman–Crippen LogP) is 3.04. The normalized spacial score (nSPS) is 13.5. The molecule has 0 amide bonds. The smallest absolute Gasteiger partial charge is 0.242 e. The van der Waals surface area contributed by atoms with Crippen molar-refractivity contribution in [3.63, 3.8) is 0 Å². The van der Waals surface area contributed by atoms with Crippen molar-refractivity contribution in [2.24, 2.45) is 10.9 Å². The van der Waals surface area contributed by atoms with Gasteiger partial charge in [0.1, 0.15) is 0 Å². The van der Waals surface area contributed by atoms with E-state index in [-0.39, 0.29) is 24.0 Å². The number of hydrogen-bond donors (Lipinski definition) is 2. The van der Waals surface area contributed by atoms with Gasteiger partial charge >= 0.3 is 0 Å². The Balaban J connectivity index is 0.00000625. The molecule has 0 aromatic heterocycles. The van der Waals surface area contributed by atoms with Crippen molar-refractivity contribution < 1.29 is 8.42 Å². The minimum atomic E-state index is -3.47. The van der Waals surface area contributed by atoms with Crippen LogP contribution < -0.4 is 10.6 Å². The van der Waals surface area contributed by atoms with Gasteiger partial charge in [-0.15, -0.1) is 24.0 Å². The molecule has 1 rings (SSSR count). The zero-order valence-corrected chi connectivity index (χ0v) is 19.8. The van der Waals surface area contributed by atoms with Crippen LogP contribution >= 0.6 is 24.0 Å². The van der Waals surface area contributed by atoms with Crippen molar-refractivity contribution >= 4 is 40.0 Å². The van der Waals surface area contributed by atoms with Crippen molar-refractivity contribution in [1.82, 2.24) is 14.9 Å². The molecule has 0 aliphatic rings. The Hall–Kier alpha value is -0.870. The fraction of sp³-hybridized carbons (Fsp3) is 0.611. The average Bonchev–Trinajstić information content (AvgIpc) is 2.56. The Labute approximate surface area is 175 Å². The molecule has 0 saturated heterocycles. The van der Waals surface area contributed by atoms with Crippen LogP contribution in [0.4, 0.5) is 0 Å². The van der Waals surface area contributed by atoms with E-state index in [0.717, 1.165) is 12.8 Å². The Morgan fingerprint density at radius 3 is 2.31 bits per heavy atom. The molecule has 0 radical (unpaired) electrons. The second-order valence-corrected chi connectivity index (χ2v) is 8.96. The summed E-state index contributed by atoms with van der Waals surface area (Å²) < 4.78 is 26.1. The number of halogens is 1. The zero-order valence-electron chi connectivity index (χ0n) is 16.6. The fourth-order valence-corrected chi connectivity index (χ4v) is 3.48. The third-order valence-corrected chi connectivity index (χ3v) is 5.88. The molecule has 0 heterocycles. The van der Waals surface area contributed by atoms with Crippen molar-refractivity contribution in [1.29, 1.82) is 0 Å². The first kappa shape index (κ1) is 25.1. The molecule has 1 unspecified atom stereocenters. The van der Waals surface area contributed by atoms with Crippen molar-refractivity contribution in [3.05, 3.63) is 29.8 Å². The lowest BCUT2D eigenvalue weighted by Gasteiger charge is -2.20. The topological polar surface area (TPSA) is 73.8 Å². The lowest BCUT2D eigenvalue weighted by Crippen LogP contribution is -2.42. The molecule has 6 nitrogen and oxygen atoms in total. The van der Waals surface area contributed by atoms with Gasteiger partial charge in [0.2, 0.25) is 10.0 Å². The van der Waals surface area contributed by atoms with Crippen LogP contribution in [0.3, 0.4) is 0 Å². The highest BCUT2D eigenvalue weighted by atomic mass is 127. The maximum atomic E-state index is 12.4. The van der Waals surface area contributed by atoms with Gasteiger partial charge in [-0.25, -0.2) is 12.7 Å². The Kier molecular flexibility index (Phi) is 11.4. The van der Waals surface area contributed by atoms with Gasteiger partial charge in [-0.05, 0) is 37.3 Å². The Bertz CT molecular complexity index is 676. The second kappa shape index (κ2) is 11.8. The van der Waals surface area contributed by atoms with Gasteiger partial charge in [0.05, 0.1) is 4.90 Å². The van der Waals surface area contributed by atoms with E-state index >= 15 is 0 Å². The quantitative estimate of drug-likeness (QED) is 0.330. The lowest BCUT2D eigenvalue weighted by molar-refractivity contribution is 0.489. The number of benzene rings is 1. The van der Waals surface area contributed by atoms with E-state index in [0.29, 0.717) is 34.9 Å². The number of hydrogen-bond acceptors (Lipinski definition) is 3. The van der Waals surface area contributed by atoms with E-state index in [1.807, 2.05) is 12.1 Å². The minimum Gasteiger partial charge on any atom is -0.354 e. The van der Waals surface area contributed by atoms with E-state index in [9.17, 15) is 8.42 Å². The second-order valence-electron chi connectivity index (χ2n) is 6.84. The summed E-state index contributed by atoms with van der Waals surface area (Å²) in [6, 6.07) is 7.33. The molecule has 0 spiro atoms. The molecule has 0 aliphatic carbocycles. The summed E-state index contributed by atoms with van der Waals surface area (Å²) >= 11 is 0.